The highest BCUT2D eigenvalue weighted by Gasteiger charge is 2.19. The van der Waals surface area contributed by atoms with E-state index < -0.39 is 0 Å². The van der Waals surface area contributed by atoms with Gasteiger partial charge in [0.15, 0.2) is 11.5 Å². The molecule has 1 aromatic heterocycles. The molecule has 0 atom stereocenters. The zero-order valence-electron chi connectivity index (χ0n) is 14.6. The largest absolute Gasteiger partial charge is 0.493 e. The third kappa shape index (κ3) is 3.48. The first-order valence-electron chi connectivity index (χ1n) is 7.78. The van der Waals surface area contributed by atoms with Crippen molar-refractivity contribution >= 4 is 22.9 Å². The third-order valence-electron chi connectivity index (χ3n) is 3.74. The van der Waals surface area contributed by atoms with E-state index in [4.69, 9.17) is 14.2 Å². The molecule has 7 heteroatoms. The summed E-state index contributed by atoms with van der Waals surface area (Å²) in [5, 5.41) is 2.84. The van der Waals surface area contributed by atoms with Gasteiger partial charge in [0.05, 0.1) is 31.7 Å². The number of carbonyl (C=O) groups excluding carboxylic acids is 1. The van der Waals surface area contributed by atoms with Crippen molar-refractivity contribution < 1.29 is 19.0 Å². The van der Waals surface area contributed by atoms with E-state index in [1.807, 2.05) is 30.3 Å². The molecule has 0 aliphatic rings. The SMILES string of the molecule is COc1cc(NC(=O)c2ncsc2-c2ccccc2)cc(OC)c1OC. The molecule has 3 aromatic rings. The van der Waals surface area contributed by atoms with Gasteiger partial charge in [-0.3, -0.25) is 4.79 Å². The third-order valence-corrected chi connectivity index (χ3v) is 4.62. The number of methoxy groups -OCH3 is 3. The van der Waals surface area contributed by atoms with Crippen molar-refractivity contribution in [2.24, 2.45) is 0 Å². The Labute approximate surface area is 155 Å². The molecule has 0 fully saturated rings. The predicted octanol–water partition coefficient (Wildman–Crippen LogP) is 4.09. The van der Waals surface area contributed by atoms with Gasteiger partial charge < -0.3 is 19.5 Å². The highest BCUT2D eigenvalue weighted by Crippen LogP contribution is 2.40. The Morgan fingerprint density at radius 3 is 2.23 bits per heavy atom. The zero-order valence-corrected chi connectivity index (χ0v) is 15.4. The Morgan fingerprint density at radius 2 is 1.65 bits per heavy atom. The normalized spacial score (nSPS) is 10.3. The molecule has 1 amide bonds. The summed E-state index contributed by atoms with van der Waals surface area (Å²) in [5.41, 5.74) is 3.50. The van der Waals surface area contributed by atoms with Crippen molar-refractivity contribution in [2.75, 3.05) is 26.6 Å². The molecule has 0 unspecified atom stereocenters. The minimum atomic E-state index is -0.306. The van der Waals surface area contributed by atoms with Gasteiger partial charge >= 0.3 is 0 Å². The fourth-order valence-electron chi connectivity index (χ4n) is 2.55. The van der Waals surface area contributed by atoms with E-state index in [0.29, 0.717) is 28.6 Å². The van der Waals surface area contributed by atoms with E-state index >= 15 is 0 Å². The molecule has 0 radical (unpaired) electrons. The second-order valence-electron chi connectivity index (χ2n) is 5.26. The lowest BCUT2D eigenvalue weighted by Crippen LogP contribution is -2.13. The topological polar surface area (TPSA) is 69.7 Å². The van der Waals surface area contributed by atoms with Crippen LogP contribution in [0.15, 0.2) is 48.0 Å². The van der Waals surface area contributed by atoms with Gasteiger partial charge in [-0.2, -0.15) is 0 Å². The van der Waals surface area contributed by atoms with Gasteiger partial charge in [0.2, 0.25) is 5.75 Å². The number of aromatic nitrogens is 1. The number of anilines is 1. The highest BCUT2D eigenvalue weighted by atomic mass is 32.1. The lowest BCUT2D eigenvalue weighted by molar-refractivity contribution is 0.102. The summed E-state index contributed by atoms with van der Waals surface area (Å²) in [7, 11) is 4.58. The van der Waals surface area contributed by atoms with E-state index in [2.05, 4.69) is 10.3 Å². The smallest absolute Gasteiger partial charge is 0.275 e. The minimum Gasteiger partial charge on any atom is -0.493 e. The van der Waals surface area contributed by atoms with Crippen LogP contribution in [0.4, 0.5) is 5.69 Å². The molecule has 0 saturated heterocycles. The molecular formula is C19H18N2O4S. The molecule has 0 saturated carbocycles. The van der Waals surface area contributed by atoms with Gasteiger partial charge in [-0.1, -0.05) is 30.3 Å². The first kappa shape index (κ1) is 17.8. The molecule has 0 spiro atoms. The van der Waals surface area contributed by atoms with Gasteiger partial charge in [-0.25, -0.2) is 4.98 Å². The Bertz CT molecular complexity index is 884. The minimum absolute atomic E-state index is 0.306. The number of carbonyl (C=O) groups is 1. The predicted molar refractivity (Wildman–Crippen MR) is 102 cm³/mol. The number of benzene rings is 2. The number of thiazole rings is 1. The van der Waals surface area contributed by atoms with Gasteiger partial charge in [-0.05, 0) is 5.56 Å². The molecule has 3 rings (SSSR count). The fraction of sp³-hybridized carbons (Fsp3) is 0.158. The maximum absolute atomic E-state index is 12.7. The Morgan fingerprint density at radius 1 is 1.00 bits per heavy atom. The maximum atomic E-state index is 12.7. The molecule has 6 nitrogen and oxygen atoms in total. The van der Waals surface area contributed by atoms with Crippen molar-refractivity contribution in [2.45, 2.75) is 0 Å². The first-order chi connectivity index (χ1) is 12.7. The molecule has 0 bridgehead atoms. The summed E-state index contributed by atoms with van der Waals surface area (Å²) in [6, 6.07) is 13.0. The van der Waals surface area contributed by atoms with Gasteiger partial charge in [0.1, 0.15) is 5.69 Å². The average molecular weight is 370 g/mol. The molecule has 1 heterocycles. The number of hydrogen-bond acceptors (Lipinski definition) is 6. The van der Waals surface area contributed by atoms with Crippen LogP contribution in [0.5, 0.6) is 17.2 Å². The number of amides is 1. The summed E-state index contributed by atoms with van der Waals surface area (Å²) in [5.74, 6) is 1.08. The van der Waals surface area contributed by atoms with E-state index in [-0.39, 0.29) is 5.91 Å². The van der Waals surface area contributed by atoms with Crippen molar-refractivity contribution in [1.29, 1.82) is 0 Å². The number of ether oxygens (including phenoxy) is 3. The summed E-state index contributed by atoms with van der Waals surface area (Å²) < 4.78 is 15.9. The average Bonchev–Trinajstić information content (AvgIpc) is 3.17. The maximum Gasteiger partial charge on any atom is 0.275 e. The van der Waals surface area contributed by atoms with Gasteiger partial charge in [-0.15, -0.1) is 11.3 Å². The lowest BCUT2D eigenvalue weighted by atomic mass is 10.1. The molecule has 0 aliphatic heterocycles. The van der Waals surface area contributed by atoms with Crippen LogP contribution in [0.25, 0.3) is 10.4 Å². The van der Waals surface area contributed by atoms with E-state index in [0.717, 1.165) is 10.4 Å². The number of nitrogens with zero attached hydrogens (tertiary/aromatic N) is 1. The number of nitrogens with one attached hydrogen (secondary N) is 1. The zero-order chi connectivity index (χ0) is 18.5. The molecule has 26 heavy (non-hydrogen) atoms. The molecule has 0 aliphatic carbocycles. The van der Waals surface area contributed by atoms with Gasteiger partial charge in [0.25, 0.3) is 5.91 Å². The molecular weight excluding hydrogens is 352 g/mol. The second kappa shape index (κ2) is 7.88. The van der Waals surface area contributed by atoms with Crippen LogP contribution < -0.4 is 19.5 Å². The lowest BCUT2D eigenvalue weighted by Gasteiger charge is -2.14. The van der Waals surface area contributed by atoms with E-state index in [1.54, 1.807) is 17.6 Å². The van der Waals surface area contributed by atoms with Gasteiger partial charge in [0, 0.05) is 17.8 Å². The highest BCUT2D eigenvalue weighted by molar-refractivity contribution is 7.13. The fourth-order valence-corrected chi connectivity index (χ4v) is 3.34. The van der Waals surface area contributed by atoms with Crippen molar-refractivity contribution in [3.05, 3.63) is 53.7 Å². The summed E-state index contributed by atoms with van der Waals surface area (Å²) in [4.78, 5) is 17.8. The van der Waals surface area contributed by atoms with Crippen LogP contribution in [0, 0.1) is 0 Å². The quantitative estimate of drug-likeness (QED) is 0.708. The summed E-state index contributed by atoms with van der Waals surface area (Å²) >= 11 is 1.42. The molecule has 1 N–H and O–H groups in total. The summed E-state index contributed by atoms with van der Waals surface area (Å²) in [6.45, 7) is 0. The van der Waals surface area contributed by atoms with Crippen molar-refractivity contribution in [3.8, 4) is 27.7 Å². The number of rotatable bonds is 6. The molecule has 2 aromatic carbocycles. The van der Waals surface area contributed by atoms with Crippen LogP contribution in [0.3, 0.4) is 0 Å². The van der Waals surface area contributed by atoms with Crippen LogP contribution in [0.2, 0.25) is 0 Å². The van der Waals surface area contributed by atoms with E-state index in [9.17, 15) is 4.79 Å². The van der Waals surface area contributed by atoms with Crippen LogP contribution in [0.1, 0.15) is 10.5 Å². The van der Waals surface area contributed by atoms with Crippen molar-refractivity contribution in [3.63, 3.8) is 0 Å². The van der Waals surface area contributed by atoms with Crippen LogP contribution in [-0.2, 0) is 0 Å². The van der Waals surface area contributed by atoms with Crippen LogP contribution in [-0.4, -0.2) is 32.2 Å². The number of hydrogen-bond donors (Lipinski definition) is 1. The monoisotopic (exact) mass is 370 g/mol. The van der Waals surface area contributed by atoms with Crippen LogP contribution >= 0.6 is 11.3 Å². The van der Waals surface area contributed by atoms with Crippen molar-refractivity contribution in [1.82, 2.24) is 4.98 Å². The Balaban J connectivity index is 1.91. The van der Waals surface area contributed by atoms with E-state index in [1.165, 1.54) is 32.7 Å². The first-order valence-corrected chi connectivity index (χ1v) is 8.66. The summed E-state index contributed by atoms with van der Waals surface area (Å²) in [6.07, 6.45) is 0. The second-order valence-corrected chi connectivity index (χ2v) is 6.12. The Hall–Kier alpha value is -3.06. The molecule has 134 valence electrons. The standard InChI is InChI=1S/C19H18N2O4S/c1-23-14-9-13(10-15(24-2)17(14)25-3)21-19(22)16-18(26-11-20-16)12-7-5-4-6-8-12/h4-11H,1-3H3,(H,21,22). The Kier molecular flexibility index (Phi) is 5.38.